The van der Waals surface area contributed by atoms with Gasteiger partial charge in [-0.2, -0.15) is 5.26 Å². The second-order valence-corrected chi connectivity index (χ2v) is 6.90. The summed E-state index contributed by atoms with van der Waals surface area (Å²) in [5.74, 6) is -0.0270. The molecule has 1 aliphatic rings. The zero-order valence-electron chi connectivity index (χ0n) is 13.9. The van der Waals surface area contributed by atoms with Gasteiger partial charge < -0.3 is 4.90 Å². The van der Waals surface area contributed by atoms with Crippen LogP contribution in [0.2, 0.25) is 0 Å². The van der Waals surface area contributed by atoms with Gasteiger partial charge in [0.15, 0.2) is 5.78 Å². The van der Waals surface area contributed by atoms with Crippen LogP contribution in [-0.2, 0) is 12.8 Å². The second-order valence-electron chi connectivity index (χ2n) is 6.11. The molecule has 1 aliphatic heterocycles. The molecule has 126 valence electrons. The summed E-state index contributed by atoms with van der Waals surface area (Å²) in [4.78, 5) is 26.3. The number of ketones is 1. The first-order chi connectivity index (χ1) is 12.0. The Bertz CT molecular complexity index is 899. The molecule has 0 unspecified atom stereocenters. The molecule has 0 bridgehead atoms. The van der Waals surface area contributed by atoms with Crippen LogP contribution in [0.25, 0.3) is 0 Å². The molecule has 1 amide bonds. The maximum Gasteiger partial charge on any atom is 0.255 e. The number of Topliss-reactive ketones (excluding diaryl/α,β-unsaturated/α-hetero) is 1. The van der Waals surface area contributed by atoms with E-state index in [1.54, 1.807) is 25.1 Å². The van der Waals surface area contributed by atoms with Crippen LogP contribution in [-0.4, -0.2) is 29.7 Å². The minimum absolute atomic E-state index is 0.0530. The standard InChI is InChI=1S/C20H17BrN2O2/c1-13(24)15-6-5-14-7-9-23(10-8-16(14)11-15)20(25)18-4-2-3-17(12-22)19(18)21/h2-6,11H,7-10H2,1H3. The molecule has 0 radical (unpaired) electrons. The van der Waals surface area contributed by atoms with Gasteiger partial charge in [-0.3, -0.25) is 9.59 Å². The lowest BCUT2D eigenvalue weighted by atomic mass is 9.99. The lowest BCUT2D eigenvalue weighted by Gasteiger charge is -2.21. The number of benzene rings is 2. The van der Waals surface area contributed by atoms with Gasteiger partial charge >= 0.3 is 0 Å². The van der Waals surface area contributed by atoms with Crippen molar-refractivity contribution >= 4 is 27.6 Å². The first-order valence-electron chi connectivity index (χ1n) is 8.12. The third-order valence-corrected chi connectivity index (χ3v) is 5.41. The molecule has 0 atom stereocenters. The first kappa shape index (κ1) is 17.4. The Morgan fingerprint density at radius 2 is 1.84 bits per heavy atom. The summed E-state index contributed by atoms with van der Waals surface area (Å²) in [6, 6.07) is 13.0. The molecule has 25 heavy (non-hydrogen) atoms. The van der Waals surface area contributed by atoms with Crippen LogP contribution in [0, 0.1) is 11.3 Å². The van der Waals surface area contributed by atoms with Gasteiger partial charge in [0.2, 0.25) is 0 Å². The fourth-order valence-electron chi connectivity index (χ4n) is 3.10. The van der Waals surface area contributed by atoms with Crippen molar-refractivity contribution in [1.29, 1.82) is 5.26 Å². The Hall–Kier alpha value is -2.45. The summed E-state index contributed by atoms with van der Waals surface area (Å²) < 4.78 is 0.545. The molecule has 4 nitrogen and oxygen atoms in total. The molecule has 0 aliphatic carbocycles. The largest absolute Gasteiger partial charge is 0.338 e. The molecule has 2 aromatic carbocycles. The Morgan fingerprint density at radius 1 is 1.12 bits per heavy atom. The van der Waals surface area contributed by atoms with Gasteiger partial charge in [-0.05, 0) is 65.0 Å². The van der Waals surface area contributed by atoms with E-state index in [1.165, 1.54) is 5.56 Å². The van der Waals surface area contributed by atoms with E-state index in [4.69, 9.17) is 5.26 Å². The Kier molecular flexibility index (Phi) is 5.00. The number of amides is 1. The van der Waals surface area contributed by atoms with Crippen molar-refractivity contribution in [3.05, 3.63) is 68.7 Å². The molecule has 0 aromatic heterocycles. The molecule has 0 N–H and O–H groups in total. The van der Waals surface area contributed by atoms with Crippen LogP contribution in [0.3, 0.4) is 0 Å². The normalized spacial score (nSPS) is 13.6. The predicted molar refractivity (Wildman–Crippen MR) is 98.6 cm³/mol. The molecule has 3 rings (SSSR count). The topological polar surface area (TPSA) is 61.2 Å². The number of hydrogen-bond donors (Lipinski definition) is 0. The van der Waals surface area contributed by atoms with Crippen molar-refractivity contribution in [2.75, 3.05) is 13.1 Å². The quantitative estimate of drug-likeness (QED) is 0.725. The molecule has 1 heterocycles. The van der Waals surface area contributed by atoms with Gasteiger partial charge in [0.05, 0.1) is 11.1 Å². The molecule has 0 saturated carbocycles. The van der Waals surface area contributed by atoms with Crippen molar-refractivity contribution in [2.45, 2.75) is 19.8 Å². The highest BCUT2D eigenvalue weighted by Crippen LogP contribution is 2.24. The van der Waals surface area contributed by atoms with Crippen molar-refractivity contribution in [2.24, 2.45) is 0 Å². The number of nitriles is 1. The molecular formula is C20H17BrN2O2. The number of hydrogen-bond acceptors (Lipinski definition) is 3. The molecular weight excluding hydrogens is 380 g/mol. The third-order valence-electron chi connectivity index (χ3n) is 4.55. The van der Waals surface area contributed by atoms with E-state index in [0.717, 1.165) is 18.4 Å². The molecule has 2 aromatic rings. The molecule has 5 heteroatoms. The zero-order valence-corrected chi connectivity index (χ0v) is 15.5. The van der Waals surface area contributed by atoms with E-state index in [1.807, 2.05) is 23.1 Å². The predicted octanol–water partition coefficient (Wildman–Crippen LogP) is 3.76. The highest BCUT2D eigenvalue weighted by atomic mass is 79.9. The molecule has 0 saturated heterocycles. The van der Waals surface area contributed by atoms with Gasteiger partial charge in [0, 0.05) is 23.1 Å². The summed E-state index contributed by atoms with van der Waals surface area (Å²) >= 11 is 3.37. The van der Waals surface area contributed by atoms with Crippen LogP contribution in [0.15, 0.2) is 40.9 Å². The fourth-order valence-corrected chi connectivity index (χ4v) is 3.62. The van der Waals surface area contributed by atoms with Gasteiger partial charge in [0.1, 0.15) is 6.07 Å². The average Bonchev–Trinajstić information content (AvgIpc) is 2.83. The fraction of sp³-hybridized carbons (Fsp3) is 0.250. The minimum Gasteiger partial charge on any atom is -0.338 e. The number of halogens is 1. The maximum absolute atomic E-state index is 12.9. The van der Waals surface area contributed by atoms with Crippen LogP contribution in [0.5, 0.6) is 0 Å². The van der Waals surface area contributed by atoms with Gasteiger partial charge in [0.25, 0.3) is 5.91 Å². The van der Waals surface area contributed by atoms with Gasteiger partial charge in [-0.15, -0.1) is 0 Å². The average molecular weight is 397 g/mol. The van der Waals surface area contributed by atoms with E-state index in [0.29, 0.717) is 34.3 Å². The summed E-state index contributed by atoms with van der Waals surface area (Å²) in [5.41, 5.74) is 3.99. The van der Waals surface area contributed by atoms with Crippen LogP contribution < -0.4 is 0 Å². The van der Waals surface area contributed by atoms with E-state index >= 15 is 0 Å². The van der Waals surface area contributed by atoms with Gasteiger partial charge in [-0.25, -0.2) is 0 Å². The number of carbonyl (C=O) groups is 2. The van der Waals surface area contributed by atoms with E-state index in [9.17, 15) is 9.59 Å². The summed E-state index contributed by atoms with van der Waals surface area (Å²) in [6.07, 6.45) is 1.48. The molecule has 0 fully saturated rings. The van der Waals surface area contributed by atoms with Crippen LogP contribution >= 0.6 is 15.9 Å². The van der Waals surface area contributed by atoms with E-state index in [-0.39, 0.29) is 11.7 Å². The van der Waals surface area contributed by atoms with Crippen molar-refractivity contribution in [1.82, 2.24) is 4.90 Å². The van der Waals surface area contributed by atoms with Crippen LogP contribution in [0.4, 0.5) is 0 Å². The summed E-state index contributed by atoms with van der Waals surface area (Å²) in [5, 5.41) is 9.14. The minimum atomic E-state index is -0.0800. The van der Waals surface area contributed by atoms with E-state index in [2.05, 4.69) is 22.0 Å². The maximum atomic E-state index is 12.9. The molecule has 0 spiro atoms. The highest BCUT2D eigenvalue weighted by molar-refractivity contribution is 9.10. The van der Waals surface area contributed by atoms with Crippen molar-refractivity contribution in [3.63, 3.8) is 0 Å². The first-order valence-corrected chi connectivity index (χ1v) is 8.91. The lowest BCUT2D eigenvalue weighted by molar-refractivity contribution is 0.0762. The second kappa shape index (κ2) is 7.20. The smallest absolute Gasteiger partial charge is 0.255 e. The zero-order chi connectivity index (χ0) is 18.0. The Labute approximate surface area is 155 Å². The summed E-state index contributed by atoms with van der Waals surface area (Å²) in [7, 11) is 0. The van der Waals surface area contributed by atoms with Gasteiger partial charge in [-0.1, -0.05) is 18.2 Å². The third kappa shape index (κ3) is 3.49. The monoisotopic (exact) mass is 396 g/mol. The number of rotatable bonds is 2. The lowest BCUT2D eigenvalue weighted by Crippen LogP contribution is -2.33. The number of fused-ring (bicyclic) bond motifs is 1. The summed E-state index contributed by atoms with van der Waals surface area (Å²) in [6.45, 7) is 2.78. The van der Waals surface area contributed by atoms with Crippen molar-refractivity contribution in [3.8, 4) is 6.07 Å². The van der Waals surface area contributed by atoms with Crippen LogP contribution in [0.1, 0.15) is 44.3 Å². The van der Waals surface area contributed by atoms with Crippen molar-refractivity contribution < 1.29 is 9.59 Å². The Balaban J connectivity index is 1.84. The highest BCUT2D eigenvalue weighted by Gasteiger charge is 2.22. The van der Waals surface area contributed by atoms with E-state index < -0.39 is 0 Å². The Morgan fingerprint density at radius 3 is 2.52 bits per heavy atom. The number of nitrogens with zero attached hydrogens (tertiary/aromatic N) is 2. The number of carbonyl (C=O) groups excluding carboxylic acids is 2. The SMILES string of the molecule is CC(=O)c1ccc2c(c1)CCN(C(=O)c1cccc(C#N)c1Br)CC2.